The van der Waals surface area contributed by atoms with E-state index in [2.05, 4.69) is 10.6 Å². The summed E-state index contributed by atoms with van der Waals surface area (Å²) in [5.74, 6) is 0.505. The predicted octanol–water partition coefficient (Wildman–Crippen LogP) is 1.66. The SMILES string of the molecule is CCNC(=O)[C@H](C)NC(=O)CCc1ccccc1OCC. The number of carbonyl (C=O) groups excluding carboxylic acids is 2. The van der Waals surface area contributed by atoms with Gasteiger partial charge < -0.3 is 15.4 Å². The zero-order valence-electron chi connectivity index (χ0n) is 12.9. The summed E-state index contributed by atoms with van der Waals surface area (Å²) in [5, 5.41) is 5.37. The number of likely N-dealkylation sites (N-methyl/N-ethyl adjacent to an activating group) is 1. The van der Waals surface area contributed by atoms with Crippen LogP contribution in [0.3, 0.4) is 0 Å². The summed E-state index contributed by atoms with van der Waals surface area (Å²) in [7, 11) is 0. The van der Waals surface area contributed by atoms with Crippen molar-refractivity contribution in [2.45, 2.75) is 39.7 Å². The average molecular weight is 292 g/mol. The van der Waals surface area contributed by atoms with Gasteiger partial charge in [-0.05, 0) is 38.8 Å². The van der Waals surface area contributed by atoms with Crippen molar-refractivity contribution in [3.8, 4) is 5.75 Å². The Bertz CT molecular complexity index is 474. The molecule has 0 aliphatic carbocycles. The topological polar surface area (TPSA) is 67.4 Å². The van der Waals surface area contributed by atoms with Crippen molar-refractivity contribution >= 4 is 11.8 Å². The molecule has 116 valence electrons. The molecule has 0 aliphatic heterocycles. The van der Waals surface area contributed by atoms with Gasteiger partial charge in [-0.15, -0.1) is 0 Å². The number of hydrogen-bond donors (Lipinski definition) is 2. The van der Waals surface area contributed by atoms with Crippen molar-refractivity contribution in [3.63, 3.8) is 0 Å². The van der Waals surface area contributed by atoms with E-state index < -0.39 is 6.04 Å². The van der Waals surface area contributed by atoms with Crippen molar-refractivity contribution < 1.29 is 14.3 Å². The summed E-state index contributed by atoms with van der Waals surface area (Å²) in [6, 6.07) is 7.16. The number of carbonyl (C=O) groups is 2. The van der Waals surface area contributed by atoms with Crippen molar-refractivity contribution in [1.82, 2.24) is 10.6 Å². The van der Waals surface area contributed by atoms with E-state index in [0.29, 0.717) is 26.0 Å². The molecule has 0 heterocycles. The maximum absolute atomic E-state index is 11.9. The highest BCUT2D eigenvalue weighted by atomic mass is 16.5. The summed E-state index contributed by atoms with van der Waals surface area (Å²) in [6.07, 6.45) is 0.915. The fourth-order valence-electron chi connectivity index (χ4n) is 1.96. The van der Waals surface area contributed by atoms with E-state index in [1.54, 1.807) is 6.92 Å². The third kappa shape index (κ3) is 5.85. The highest BCUT2D eigenvalue weighted by molar-refractivity contribution is 5.87. The molecule has 0 aromatic heterocycles. The number of rotatable bonds is 8. The minimum Gasteiger partial charge on any atom is -0.494 e. The van der Waals surface area contributed by atoms with Crippen LogP contribution in [0.5, 0.6) is 5.75 Å². The number of nitrogens with one attached hydrogen (secondary N) is 2. The third-order valence-electron chi connectivity index (χ3n) is 3.02. The number of aryl methyl sites for hydroxylation is 1. The van der Waals surface area contributed by atoms with Crippen LogP contribution in [0.25, 0.3) is 0 Å². The Kier molecular flexibility index (Phi) is 7.29. The van der Waals surface area contributed by atoms with Gasteiger partial charge in [0, 0.05) is 13.0 Å². The maximum Gasteiger partial charge on any atom is 0.242 e. The van der Waals surface area contributed by atoms with E-state index in [-0.39, 0.29) is 11.8 Å². The van der Waals surface area contributed by atoms with Crippen LogP contribution >= 0.6 is 0 Å². The van der Waals surface area contributed by atoms with Crippen LogP contribution in [0.4, 0.5) is 0 Å². The minimum atomic E-state index is -0.514. The van der Waals surface area contributed by atoms with Gasteiger partial charge in [0.1, 0.15) is 11.8 Å². The number of benzene rings is 1. The highest BCUT2D eigenvalue weighted by Gasteiger charge is 2.14. The van der Waals surface area contributed by atoms with Gasteiger partial charge in [-0.1, -0.05) is 18.2 Å². The first-order valence-corrected chi connectivity index (χ1v) is 7.36. The molecule has 0 radical (unpaired) electrons. The lowest BCUT2D eigenvalue weighted by Crippen LogP contribution is -2.44. The molecule has 0 fully saturated rings. The first-order valence-electron chi connectivity index (χ1n) is 7.36. The van der Waals surface area contributed by atoms with Crippen molar-refractivity contribution in [2.75, 3.05) is 13.2 Å². The van der Waals surface area contributed by atoms with Gasteiger partial charge in [-0.3, -0.25) is 9.59 Å². The molecule has 0 saturated heterocycles. The lowest BCUT2D eigenvalue weighted by atomic mass is 10.1. The quantitative estimate of drug-likeness (QED) is 0.765. The second-order valence-corrected chi connectivity index (χ2v) is 4.72. The van der Waals surface area contributed by atoms with Crippen LogP contribution in [-0.2, 0) is 16.0 Å². The summed E-state index contributed by atoms with van der Waals surface area (Å²) in [6.45, 7) is 6.60. The summed E-state index contributed by atoms with van der Waals surface area (Å²) >= 11 is 0. The van der Waals surface area contributed by atoms with Crippen LogP contribution in [0.15, 0.2) is 24.3 Å². The Morgan fingerprint density at radius 1 is 1.24 bits per heavy atom. The van der Waals surface area contributed by atoms with E-state index in [4.69, 9.17) is 4.74 Å². The first kappa shape index (κ1) is 17.0. The maximum atomic E-state index is 11.9. The first-order chi connectivity index (χ1) is 10.1. The zero-order chi connectivity index (χ0) is 15.7. The molecule has 0 bridgehead atoms. The number of hydrogen-bond acceptors (Lipinski definition) is 3. The Labute approximate surface area is 126 Å². The zero-order valence-corrected chi connectivity index (χ0v) is 12.9. The smallest absolute Gasteiger partial charge is 0.242 e. The standard InChI is InChI=1S/C16H24N2O3/c1-4-17-16(20)12(3)18-15(19)11-10-13-8-6-7-9-14(13)21-5-2/h6-9,12H,4-5,10-11H2,1-3H3,(H,17,20)(H,18,19)/t12-/m0/s1. The van der Waals surface area contributed by atoms with Crippen LogP contribution in [-0.4, -0.2) is 31.0 Å². The van der Waals surface area contributed by atoms with Crippen molar-refractivity contribution in [3.05, 3.63) is 29.8 Å². The molecule has 21 heavy (non-hydrogen) atoms. The molecule has 1 aromatic carbocycles. The molecule has 0 saturated carbocycles. The molecule has 1 aromatic rings. The molecule has 1 atom stereocenters. The van der Waals surface area contributed by atoms with E-state index in [1.807, 2.05) is 38.1 Å². The monoisotopic (exact) mass is 292 g/mol. The van der Waals surface area contributed by atoms with Crippen LogP contribution in [0.1, 0.15) is 32.8 Å². The van der Waals surface area contributed by atoms with Crippen molar-refractivity contribution in [1.29, 1.82) is 0 Å². The second kappa shape index (κ2) is 9.00. The van der Waals surface area contributed by atoms with Gasteiger partial charge in [-0.25, -0.2) is 0 Å². The van der Waals surface area contributed by atoms with Crippen LogP contribution < -0.4 is 15.4 Å². The fourth-order valence-corrected chi connectivity index (χ4v) is 1.96. The van der Waals surface area contributed by atoms with Crippen LogP contribution in [0.2, 0.25) is 0 Å². The molecule has 0 spiro atoms. The minimum absolute atomic E-state index is 0.139. The molecule has 0 unspecified atom stereocenters. The van der Waals surface area contributed by atoms with Gasteiger partial charge >= 0.3 is 0 Å². The number of ether oxygens (including phenoxy) is 1. The molecule has 1 rings (SSSR count). The Morgan fingerprint density at radius 2 is 1.95 bits per heavy atom. The molecule has 0 aliphatic rings. The molecule has 5 heteroatoms. The molecular weight excluding hydrogens is 268 g/mol. The second-order valence-electron chi connectivity index (χ2n) is 4.72. The van der Waals surface area contributed by atoms with Crippen molar-refractivity contribution in [2.24, 2.45) is 0 Å². The average Bonchev–Trinajstić information content (AvgIpc) is 2.47. The number of para-hydroxylation sites is 1. The van der Waals surface area contributed by atoms with E-state index >= 15 is 0 Å². The largest absolute Gasteiger partial charge is 0.494 e. The summed E-state index contributed by atoms with van der Waals surface area (Å²) < 4.78 is 5.52. The Morgan fingerprint density at radius 3 is 2.62 bits per heavy atom. The van der Waals surface area contributed by atoms with Gasteiger partial charge in [0.05, 0.1) is 6.61 Å². The lowest BCUT2D eigenvalue weighted by Gasteiger charge is -2.14. The summed E-state index contributed by atoms with van der Waals surface area (Å²) in [4.78, 5) is 23.4. The predicted molar refractivity (Wildman–Crippen MR) is 82.2 cm³/mol. The summed E-state index contributed by atoms with van der Waals surface area (Å²) in [5.41, 5.74) is 1.00. The van der Waals surface area contributed by atoms with Gasteiger partial charge in [-0.2, -0.15) is 0 Å². The molecule has 2 amide bonds. The van der Waals surface area contributed by atoms with Gasteiger partial charge in [0.15, 0.2) is 0 Å². The van der Waals surface area contributed by atoms with Gasteiger partial charge in [0.2, 0.25) is 11.8 Å². The van der Waals surface area contributed by atoms with Gasteiger partial charge in [0.25, 0.3) is 0 Å². The molecular formula is C16H24N2O3. The fraction of sp³-hybridized carbons (Fsp3) is 0.500. The van der Waals surface area contributed by atoms with E-state index in [1.165, 1.54) is 0 Å². The third-order valence-corrected chi connectivity index (χ3v) is 3.02. The Hall–Kier alpha value is -2.04. The van der Waals surface area contributed by atoms with E-state index in [0.717, 1.165) is 11.3 Å². The normalized spacial score (nSPS) is 11.6. The highest BCUT2D eigenvalue weighted by Crippen LogP contribution is 2.19. The lowest BCUT2D eigenvalue weighted by molar-refractivity contribution is -0.128. The van der Waals surface area contributed by atoms with Crippen LogP contribution in [0, 0.1) is 0 Å². The van der Waals surface area contributed by atoms with E-state index in [9.17, 15) is 9.59 Å². The molecule has 2 N–H and O–H groups in total. The Balaban J connectivity index is 2.48. The molecule has 5 nitrogen and oxygen atoms in total. The number of amides is 2.